The van der Waals surface area contributed by atoms with Gasteiger partial charge in [0.15, 0.2) is 0 Å². The first-order valence-corrected chi connectivity index (χ1v) is 5.59. The van der Waals surface area contributed by atoms with Crippen LogP contribution < -0.4 is 0 Å². The van der Waals surface area contributed by atoms with Crippen LogP contribution in [0.2, 0.25) is 0 Å². The summed E-state index contributed by atoms with van der Waals surface area (Å²) in [5, 5.41) is 9.27. The van der Waals surface area contributed by atoms with Gasteiger partial charge in [0.25, 0.3) is 0 Å². The van der Waals surface area contributed by atoms with Gasteiger partial charge in [-0.1, -0.05) is 37.3 Å². The summed E-state index contributed by atoms with van der Waals surface area (Å²) < 4.78 is 0. The fourth-order valence-corrected chi connectivity index (χ4v) is 1.84. The molecule has 0 atom stereocenters. The van der Waals surface area contributed by atoms with E-state index < -0.39 is 0 Å². The molecule has 0 unspecified atom stereocenters. The van der Waals surface area contributed by atoms with Crippen LogP contribution in [0.5, 0.6) is 5.75 Å². The topological polar surface area (TPSA) is 20.2 Å². The third-order valence-corrected chi connectivity index (χ3v) is 2.89. The molecule has 0 saturated carbocycles. The average Bonchev–Trinajstić information content (AvgIpc) is 2.31. The summed E-state index contributed by atoms with van der Waals surface area (Å²) in [7, 11) is 0. The minimum atomic E-state index is 0.313. The largest absolute Gasteiger partial charge is 0.508 e. The van der Waals surface area contributed by atoms with E-state index in [4.69, 9.17) is 0 Å². The minimum absolute atomic E-state index is 0.313. The Morgan fingerprint density at radius 3 is 2.31 bits per heavy atom. The van der Waals surface area contributed by atoms with E-state index in [0.717, 1.165) is 12.0 Å². The maximum absolute atomic E-state index is 9.27. The molecule has 0 aliphatic rings. The number of aryl methyl sites for hydroxylation is 2. The van der Waals surface area contributed by atoms with E-state index in [0.29, 0.717) is 5.75 Å². The molecule has 2 aromatic carbocycles. The second-order valence-corrected chi connectivity index (χ2v) is 4.05. The van der Waals surface area contributed by atoms with E-state index in [9.17, 15) is 5.11 Å². The lowest BCUT2D eigenvalue weighted by Gasteiger charge is -2.08. The Morgan fingerprint density at radius 2 is 1.69 bits per heavy atom. The van der Waals surface area contributed by atoms with E-state index in [1.165, 1.54) is 16.7 Å². The molecule has 0 heterocycles. The van der Waals surface area contributed by atoms with Crippen molar-refractivity contribution in [2.75, 3.05) is 0 Å². The van der Waals surface area contributed by atoms with Crippen molar-refractivity contribution in [1.82, 2.24) is 0 Å². The van der Waals surface area contributed by atoms with Crippen LogP contribution in [-0.2, 0) is 6.42 Å². The SMILES string of the molecule is CCc1ccc(C)c(-c2ccc(O)cc2)c1. The molecule has 0 aliphatic heterocycles. The van der Waals surface area contributed by atoms with E-state index in [1.807, 2.05) is 12.1 Å². The Kier molecular flexibility index (Phi) is 2.95. The smallest absolute Gasteiger partial charge is 0.115 e. The Labute approximate surface area is 96.4 Å². The fourth-order valence-electron chi connectivity index (χ4n) is 1.84. The van der Waals surface area contributed by atoms with Crippen LogP contribution in [0, 0.1) is 6.92 Å². The molecule has 82 valence electrons. The minimum Gasteiger partial charge on any atom is -0.508 e. The molecular formula is C15H16O. The molecule has 0 bridgehead atoms. The number of benzene rings is 2. The number of hydrogen-bond acceptors (Lipinski definition) is 1. The zero-order chi connectivity index (χ0) is 11.5. The van der Waals surface area contributed by atoms with Crippen LogP contribution in [0.3, 0.4) is 0 Å². The molecule has 0 aromatic heterocycles. The van der Waals surface area contributed by atoms with Crippen molar-refractivity contribution < 1.29 is 5.11 Å². The van der Waals surface area contributed by atoms with Crippen molar-refractivity contribution in [3.05, 3.63) is 53.6 Å². The summed E-state index contributed by atoms with van der Waals surface area (Å²) in [5.41, 5.74) is 5.02. The molecular weight excluding hydrogens is 196 g/mol. The highest BCUT2D eigenvalue weighted by Crippen LogP contribution is 2.26. The Bertz CT molecular complexity index is 483. The number of phenols is 1. The zero-order valence-corrected chi connectivity index (χ0v) is 9.70. The van der Waals surface area contributed by atoms with Gasteiger partial charge in [-0.15, -0.1) is 0 Å². The standard InChI is InChI=1S/C15H16O/c1-3-12-5-4-11(2)15(10-12)13-6-8-14(16)9-7-13/h4-10,16H,3H2,1-2H3. The van der Waals surface area contributed by atoms with Gasteiger partial charge in [0.05, 0.1) is 0 Å². The van der Waals surface area contributed by atoms with E-state index in [-0.39, 0.29) is 0 Å². The summed E-state index contributed by atoms with van der Waals surface area (Å²) in [4.78, 5) is 0. The van der Waals surface area contributed by atoms with Gasteiger partial charge < -0.3 is 5.11 Å². The molecule has 1 nitrogen and oxygen atoms in total. The lowest BCUT2D eigenvalue weighted by Crippen LogP contribution is -1.87. The first-order chi connectivity index (χ1) is 7.70. The molecule has 0 aliphatic carbocycles. The second-order valence-electron chi connectivity index (χ2n) is 4.05. The van der Waals surface area contributed by atoms with Crippen molar-refractivity contribution in [2.45, 2.75) is 20.3 Å². The zero-order valence-electron chi connectivity index (χ0n) is 9.70. The Balaban J connectivity index is 2.50. The molecule has 16 heavy (non-hydrogen) atoms. The number of hydrogen-bond donors (Lipinski definition) is 1. The summed E-state index contributed by atoms with van der Waals surface area (Å²) >= 11 is 0. The van der Waals surface area contributed by atoms with Crippen LogP contribution >= 0.6 is 0 Å². The molecule has 2 aromatic rings. The van der Waals surface area contributed by atoms with Crippen LogP contribution in [0.1, 0.15) is 18.1 Å². The Hall–Kier alpha value is -1.76. The van der Waals surface area contributed by atoms with Crippen molar-refractivity contribution in [2.24, 2.45) is 0 Å². The monoisotopic (exact) mass is 212 g/mol. The molecule has 0 spiro atoms. The molecule has 0 fully saturated rings. The van der Waals surface area contributed by atoms with Gasteiger partial charge in [-0.05, 0) is 47.7 Å². The quantitative estimate of drug-likeness (QED) is 0.799. The fraction of sp³-hybridized carbons (Fsp3) is 0.200. The summed E-state index contributed by atoms with van der Waals surface area (Å²) in [6.45, 7) is 4.27. The van der Waals surface area contributed by atoms with Crippen molar-refractivity contribution in [3.63, 3.8) is 0 Å². The van der Waals surface area contributed by atoms with Crippen LogP contribution in [0.15, 0.2) is 42.5 Å². The van der Waals surface area contributed by atoms with Crippen molar-refractivity contribution in [3.8, 4) is 16.9 Å². The van der Waals surface area contributed by atoms with Gasteiger partial charge in [0, 0.05) is 0 Å². The first-order valence-electron chi connectivity index (χ1n) is 5.59. The van der Waals surface area contributed by atoms with Gasteiger partial charge in [-0.25, -0.2) is 0 Å². The van der Waals surface area contributed by atoms with E-state index in [2.05, 4.69) is 32.0 Å². The maximum atomic E-state index is 9.27. The number of phenolic OH excluding ortho intramolecular Hbond substituents is 1. The van der Waals surface area contributed by atoms with E-state index in [1.54, 1.807) is 12.1 Å². The van der Waals surface area contributed by atoms with Gasteiger partial charge in [-0.2, -0.15) is 0 Å². The summed E-state index contributed by atoms with van der Waals surface area (Å²) in [6, 6.07) is 13.9. The van der Waals surface area contributed by atoms with Gasteiger partial charge in [0.1, 0.15) is 5.75 Å². The highest BCUT2D eigenvalue weighted by atomic mass is 16.3. The number of rotatable bonds is 2. The highest BCUT2D eigenvalue weighted by molar-refractivity contribution is 5.68. The average molecular weight is 212 g/mol. The lowest BCUT2D eigenvalue weighted by molar-refractivity contribution is 0.475. The maximum Gasteiger partial charge on any atom is 0.115 e. The van der Waals surface area contributed by atoms with Crippen LogP contribution in [0.4, 0.5) is 0 Å². The first kappa shape index (κ1) is 10.7. The lowest BCUT2D eigenvalue weighted by atomic mass is 9.97. The summed E-state index contributed by atoms with van der Waals surface area (Å²) in [5.74, 6) is 0.313. The summed E-state index contributed by atoms with van der Waals surface area (Å²) in [6.07, 6.45) is 1.05. The molecule has 0 radical (unpaired) electrons. The van der Waals surface area contributed by atoms with Crippen molar-refractivity contribution >= 4 is 0 Å². The van der Waals surface area contributed by atoms with Crippen LogP contribution in [-0.4, -0.2) is 5.11 Å². The second kappa shape index (κ2) is 4.40. The van der Waals surface area contributed by atoms with Gasteiger partial charge >= 0.3 is 0 Å². The van der Waals surface area contributed by atoms with Gasteiger partial charge in [0.2, 0.25) is 0 Å². The molecule has 1 heteroatoms. The highest BCUT2D eigenvalue weighted by Gasteiger charge is 2.02. The Morgan fingerprint density at radius 1 is 1.00 bits per heavy atom. The van der Waals surface area contributed by atoms with Crippen LogP contribution in [0.25, 0.3) is 11.1 Å². The molecule has 2 rings (SSSR count). The van der Waals surface area contributed by atoms with E-state index >= 15 is 0 Å². The molecule has 0 amide bonds. The predicted molar refractivity (Wildman–Crippen MR) is 67.7 cm³/mol. The normalized spacial score (nSPS) is 10.4. The van der Waals surface area contributed by atoms with Gasteiger partial charge in [-0.3, -0.25) is 0 Å². The third kappa shape index (κ3) is 2.08. The molecule has 1 N–H and O–H groups in total. The number of aromatic hydroxyl groups is 1. The van der Waals surface area contributed by atoms with Crippen molar-refractivity contribution in [1.29, 1.82) is 0 Å². The molecule has 0 saturated heterocycles. The third-order valence-electron chi connectivity index (χ3n) is 2.89. The predicted octanol–water partition coefficient (Wildman–Crippen LogP) is 3.93.